The van der Waals surface area contributed by atoms with Crippen molar-refractivity contribution in [2.24, 2.45) is 0 Å². The largest absolute Gasteiger partial charge is 0.487 e. The average Bonchev–Trinajstić information content (AvgIpc) is 2.74. The molecule has 0 saturated carbocycles. The number of methoxy groups -OCH3 is 1. The summed E-state index contributed by atoms with van der Waals surface area (Å²) in [5, 5.41) is 3.81. The van der Waals surface area contributed by atoms with Crippen LogP contribution < -0.4 is 4.74 Å². The molecule has 0 bridgehead atoms. The first-order valence-corrected chi connectivity index (χ1v) is 5.99. The zero-order valence-corrected chi connectivity index (χ0v) is 11.2. The first-order valence-electron chi connectivity index (χ1n) is 5.19. The Hall–Kier alpha value is -1.40. The smallest absolute Gasteiger partial charge is 0.162 e. The average molecular weight is 316 g/mol. The van der Waals surface area contributed by atoms with Crippen molar-refractivity contribution in [3.05, 3.63) is 46.0 Å². The van der Waals surface area contributed by atoms with Crippen LogP contribution in [0.1, 0.15) is 11.5 Å². The Balaban J connectivity index is 1.97. The van der Waals surface area contributed by atoms with Crippen molar-refractivity contribution >= 4 is 15.9 Å². The molecule has 0 aliphatic rings. The third kappa shape index (κ3) is 3.54. The van der Waals surface area contributed by atoms with Crippen LogP contribution in [-0.4, -0.2) is 12.3 Å². The van der Waals surface area contributed by atoms with E-state index in [2.05, 4.69) is 21.1 Å². The van der Waals surface area contributed by atoms with E-state index in [-0.39, 0.29) is 12.4 Å². The fraction of sp³-hybridized carbons (Fsp3) is 0.250. The zero-order valence-electron chi connectivity index (χ0n) is 9.65. The zero-order chi connectivity index (χ0) is 13.0. The van der Waals surface area contributed by atoms with E-state index in [9.17, 15) is 4.39 Å². The fourth-order valence-electron chi connectivity index (χ4n) is 1.40. The molecule has 2 aromatic rings. The van der Waals surface area contributed by atoms with E-state index in [1.165, 1.54) is 12.1 Å². The first kappa shape index (κ1) is 13.0. The highest BCUT2D eigenvalue weighted by molar-refractivity contribution is 9.10. The minimum atomic E-state index is -0.361. The maximum atomic E-state index is 13.1. The van der Waals surface area contributed by atoms with Gasteiger partial charge in [0.2, 0.25) is 0 Å². The number of ether oxygens (including phenoxy) is 2. The van der Waals surface area contributed by atoms with E-state index >= 15 is 0 Å². The van der Waals surface area contributed by atoms with E-state index in [1.54, 1.807) is 19.2 Å². The Morgan fingerprint density at radius 2 is 2.11 bits per heavy atom. The van der Waals surface area contributed by atoms with Gasteiger partial charge in [0.05, 0.1) is 0 Å². The molecule has 0 aliphatic carbocycles. The third-order valence-electron chi connectivity index (χ3n) is 2.12. The quantitative estimate of drug-likeness (QED) is 0.849. The van der Waals surface area contributed by atoms with Crippen LogP contribution in [-0.2, 0) is 18.0 Å². The van der Waals surface area contributed by atoms with Gasteiger partial charge in [-0.2, -0.15) is 0 Å². The van der Waals surface area contributed by atoms with Gasteiger partial charge < -0.3 is 14.0 Å². The van der Waals surface area contributed by atoms with Crippen LogP contribution in [0.5, 0.6) is 5.75 Å². The number of hydrogen-bond acceptors (Lipinski definition) is 4. The molecule has 0 saturated heterocycles. The van der Waals surface area contributed by atoms with Crippen molar-refractivity contribution in [3.63, 3.8) is 0 Å². The van der Waals surface area contributed by atoms with Crippen LogP contribution in [0.3, 0.4) is 0 Å². The fourth-order valence-corrected chi connectivity index (χ4v) is 1.85. The SMILES string of the molecule is COCc1cc(COc2cc(F)cc(Br)c2)no1. The van der Waals surface area contributed by atoms with Crippen LogP contribution in [0.25, 0.3) is 0 Å². The van der Waals surface area contributed by atoms with E-state index in [0.29, 0.717) is 28.3 Å². The summed E-state index contributed by atoms with van der Waals surface area (Å²) in [5.74, 6) is 0.689. The molecule has 1 heterocycles. The number of nitrogens with zero attached hydrogens (tertiary/aromatic N) is 1. The second-order valence-electron chi connectivity index (χ2n) is 3.61. The summed E-state index contributed by atoms with van der Waals surface area (Å²) in [4.78, 5) is 0. The molecule has 0 radical (unpaired) electrons. The molecule has 0 unspecified atom stereocenters. The van der Waals surface area contributed by atoms with Gasteiger partial charge in [-0.1, -0.05) is 21.1 Å². The second kappa shape index (κ2) is 5.97. The minimum Gasteiger partial charge on any atom is -0.487 e. The number of hydrogen-bond donors (Lipinski definition) is 0. The standard InChI is InChI=1S/C12H11BrFNO3/c1-16-7-12-5-10(15-18-12)6-17-11-3-8(13)2-9(14)4-11/h2-5H,6-7H2,1H3. The molecule has 18 heavy (non-hydrogen) atoms. The maximum absolute atomic E-state index is 13.1. The summed E-state index contributed by atoms with van der Waals surface area (Å²) in [6, 6.07) is 6.08. The molecule has 0 N–H and O–H groups in total. The topological polar surface area (TPSA) is 44.5 Å². The van der Waals surface area contributed by atoms with E-state index in [0.717, 1.165) is 0 Å². The normalized spacial score (nSPS) is 10.6. The van der Waals surface area contributed by atoms with Gasteiger partial charge in [-0.3, -0.25) is 0 Å². The lowest BCUT2D eigenvalue weighted by Gasteiger charge is -2.04. The number of benzene rings is 1. The lowest BCUT2D eigenvalue weighted by molar-refractivity contribution is 0.155. The number of halogens is 2. The molecule has 4 nitrogen and oxygen atoms in total. The summed E-state index contributed by atoms with van der Waals surface area (Å²) in [6.45, 7) is 0.571. The Kier molecular flexibility index (Phi) is 4.33. The molecule has 2 rings (SSSR count). The summed E-state index contributed by atoms with van der Waals surface area (Å²) in [6.07, 6.45) is 0. The Morgan fingerprint density at radius 3 is 2.83 bits per heavy atom. The van der Waals surface area contributed by atoms with E-state index < -0.39 is 0 Å². The molecule has 0 spiro atoms. The third-order valence-corrected chi connectivity index (χ3v) is 2.57. The molecule has 96 valence electrons. The van der Waals surface area contributed by atoms with Gasteiger partial charge in [-0.25, -0.2) is 4.39 Å². The van der Waals surface area contributed by atoms with Gasteiger partial charge in [-0.15, -0.1) is 0 Å². The van der Waals surface area contributed by atoms with Gasteiger partial charge >= 0.3 is 0 Å². The minimum absolute atomic E-state index is 0.211. The number of rotatable bonds is 5. The van der Waals surface area contributed by atoms with Crippen molar-refractivity contribution in [2.75, 3.05) is 7.11 Å². The molecule has 0 aliphatic heterocycles. The van der Waals surface area contributed by atoms with Gasteiger partial charge in [0, 0.05) is 23.7 Å². The van der Waals surface area contributed by atoms with Gasteiger partial charge in [0.15, 0.2) is 5.76 Å². The summed E-state index contributed by atoms with van der Waals surface area (Å²) >= 11 is 3.19. The monoisotopic (exact) mass is 315 g/mol. The Bertz CT molecular complexity index is 510. The predicted molar refractivity (Wildman–Crippen MR) is 65.6 cm³/mol. The summed E-state index contributed by atoms with van der Waals surface area (Å²) in [7, 11) is 1.57. The first-order chi connectivity index (χ1) is 8.67. The molecular formula is C12H11BrFNO3. The maximum Gasteiger partial charge on any atom is 0.162 e. The van der Waals surface area contributed by atoms with Gasteiger partial charge in [-0.05, 0) is 12.1 Å². The highest BCUT2D eigenvalue weighted by Gasteiger charge is 2.06. The molecule has 0 fully saturated rings. The molecule has 0 atom stereocenters. The van der Waals surface area contributed by atoms with Crippen molar-refractivity contribution < 1.29 is 18.4 Å². The Morgan fingerprint density at radius 1 is 1.28 bits per heavy atom. The molecule has 1 aromatic heterocycles. The van der Waals surface area contributed by atoms with Crippen LogP contribution >= 0.6 is 15.9 Å². The van der Waals surface area contributed by atoms with Crippen molar-refractivity contribution in [1.29, 1.82) is 0 Å². The second-order valence-corrected chi connectivity index (χ2v) is 4.53. The lowest BCUT2D eigenvalue weighted by Crippen LogP contribution is -1.96. The van der Waals surface area contributed by atoms with Crippen LogP contribution in [0.15, 0.2) is 33.3 Å². The highest BCUT2D eigenvalue weighted by Crippen LogP contribution is 2.21. The summed E-state index contributed by atoms with van der Waals surface area (Å²) in [5.41, 5.74) is 0.627. The van der Waals surface area contributed by atoms with E-state index in [4.69, 9.17) is 14.0 Å². The van der Waals surface area contributed by atoms with Crippen molar-refractivity contribution in [3.8, 4) is 5.75 Å². The Labute approximate surface area is 112 Å². The highest BCUT2D eigenvalue weighted by atomic mass is 79.9. The van der Waals surface area contributed by atoms with E-state index in [1.807, 2.05) is 0 Å². The van der Waals surface area contributed by atoms with Crippen molar-refractivity contribution in [2.45, 2.75) is 13.2 Å². The van der Waals surface area contributed by atoms with Gasteiger partial charge in [0.25, 0.3) is 0 Å². The van der Waals surface area contributed by atoms with Crippen molar-refractivity contribution in [1.82, 2.24) is 5.16 Å². The molecule has 1 aromatic carbocycles. The van der Waals surface area contributed by atoms with Gasteiger partial charge in [0.1, 0.15) is 30.5 Å². The molecular weight excluding hydrogens is 305 g/mol. The number of aromatic nitrogens is 1. The van der Waals surface area contributed by atoms with Crippen LogP contribution in [0.2, 0.25) is 0 Å². The summed E-state index contributed by atoms with van der Waals surface area (Å²) < 4.78 is 29.0. The lowest BCUT2D eigenvalue weighted by atomic mass is 10.3. The van der Waals surface area contributed by atoms with Crippen LogP contribution in [0, 0.1) is 5.82 Å². The molecule has 6 heteroatoms. The van der Waals surface area contributed by atoms with Crippen LogP contribution in [0.4, 0.5) is 4.39 Å². The predicted octanol–water partition coefficient (Wildman–Crippen LogP) is 3.30. The molecule has 0 amide bonds.